The number of fused-ring (bicyclic) bond motifs is 1. The summed E-state index contributed by atoms with van der Waals surface area (Å²) in [6.45, 7) is 4.57. The van der Waals surface area contributed by atoms with Crippen LogP contribution in [0.4, 0.5) is 5.69 Å². The Morgan fingerprint density at radius 2 is 1.88 bits per heavy atom. The first-order valence-corrected chi connectivity index (χ1v) is 9.00. The molecule has 6 nitrogen and oxygen atoms in total. The van der Waals surface area contributed by atoms with E-state index in [-0.39, 0.29) is 17.9 Å². The Bertz CT molecular complexity index is 887. The van der Waals surface area contributed by atoms with E-state index in [1.807, 2.05) is 17.0 Å². The molecule has 6 heteroatoms. The zero-order valence-corrected chi connectivity index (χ0v) is 14.6. The quantitative estimate of drug-likeness (QED) is 0.671. The number of rotatable bonds is 3. The predicted octanol–water partition coefficient (Wildman–Crippen LogP) is 1.37. The molecule has 134 valence electrons. The molecule has 2 amide bonds. The van der Waals surface area contributed by atoms with Crippen molar-refractivity contribution in [1.82, 2.24) is 14.8 Å². The average Bonchev–Trinajstić information content (AvgIpc) is 3.05. The number of carbonyl (C=O) groups excluding carboxylic acids is 2. The molecular formula is C20H22N4O2. The van der Waals surface area contributed by atoms with E-state index >= 15 is 0 Å². The molecule has 2 aliphatic heterocycles. The lowest BCUT2D eigenvalue weighted by Gasteiger charge is -2.35. The Morgan fingerprint density at radius 1 is 1.12 bits per heavy atom. The minimum Gasteiger partial charge on any atom is -0.369 e. The van der Waals surface area contributed by atoms with Crippen molar-refractivity contribution in [2.75, 3.05) is 37.6 Å². The first-order valence-electron chi connectivity index (χ1n) is 9.00. The Balaban J connectivity index is 1.52. The summed E-state index contributed by atoms with van der Waals surface area (Å²) in [6, 6.07) is 6.10. The number of aromatic nitrogens is 1. The molecule has 1 aromatic heterocycles. The van der Waals surface area contributed by atoms with Gasteiger partial charge in [-0.1, -0.05) is 12.0 Å². The lowest BCUT2D eigenvalue weighted by Crippen LogP contribution is -2.46. The van der Waals surface area contributed by atoms with Gasteiger partial charge in [-0.2, -0.15) is 0 Å². The summed E-state index contributed by atoms with van der Waals surface area (Å²) in [7, 11) is 0. The van der Waals surface area contributed by atoms with E-state index in [1.165, 1.54) is 5.69 Å². The van der Waals surface area contributed by atoms with Crippen LogP contribution in [-0.2, 0) is 9.59 Å². The Hall–Kier alpha value is -2.78. The standard InChI is InChI=1S/C20H22N4O2/c1-2-7-22-8-10-23(11-9-22)17-4-3-15-13-24(14-16(15)12-17)18-5-6-19(25)21-20(18)26/h1,3-4,12-14,18H,5-11H2,(H,21,25,26). The molecule has 2 fully saturated rings. The molecule has 2 saturated heterocycles. The van der Waals surface area contributed by atoms with E-state index in [0.29, 0.717) is 19.4 Å². The van der Waals surface area contributed by atoms with Gasteiger partial charge >= 0.3 is 0 Å². The summed E-state index contributed by atoms with van der Waals surface area (Å²) in [5, 5.41) is 4.63. The molecule has 1 unspecified atom stereocenters. The van der Waals surface area contributed by atoms with Gasteiger partial charge in [0.15, 0.2) is 0 Å². The van der Waals surface area contributed by atoms with Crippen LogP contribution < -0.4 is 10.2 Å². The maximum atomic E-state index is 12.1. The fraction of sp³-hybridized carbons (Fsp3) is 0.400. The Kier molecular flexibility index (Phi) is 4.39. The van der Waals surface area contributed by atoms with Crippen LogP contribution >= 0.6 is 0 Å². The van der Waals surface area contributed by atoms with Gasteiger partial charge in [0, 0.05) is 56.1 Å². The summed E-state index contributed by atoms with van der Waals surface area (Å²) in [5.74, 6) is 2.31. The zero-order valence-electron chi connectivity index (χ0n) is 14.6. The number of nitrogens with one attached hydrogen (secondary N) is 1. The molecule has 4 rings (SSSR count). The second-order valence-electron chi connectivity index (χ2n) is 6.95. The largest absolute Gasteiger partial charge is 0.369 e. The van der Waals surface area contributed by atoms with Gasteiger partial charge in [-0.05, 0) is 23.9 Å². The molecule has 26 heavy (non-hydrogen) atoms. The fourth-order valence-corrected chi connectivity index (χ4v) is 3.79. The molecule has 3 heterocycles. The van der Waals surface area contributed by atoms with Crippen molar-refractivity contribution in [2.45, 2.75) is 18.9 Å². The van der Waals surface area contributed by atoms with E-state index in [1.54, 1.807) is 0 Å². The highest BCUT2D eigenvalue weighted by atomic mass is 16.2. The van der Waals surface area contributed by atoms with Crippen LogP contribution in [0.3, 0.4) is 0 Å². The van der Waals surface area contributed by atoms with Crippen molar-refractivity contribution in [2.24, 2.45) is 0 Å². The van der Waals surface area contributed by atoms with Crippen molar-refractivity contribution < 1.29 is 9.59 Å². The van der Waals surface area contributed by atoms with Gasteiger partial charge in [0.05, 0.1) is 6.54 Å². The molecule has 1 N–H and O–H groups in total. The van der Waals surface area contributed by atoms with Crippen LogP contribution in [0.5, 0.6) is 0 Å². The number of hydrogen-bond acceptors (Lipinski definition) is 4. The first kappa shape index (κ1) is 16.7. The second kappa shape index (κ2) is 6.85. The van der Waals surface area contributed by atoms with Crippen LogP contribution in [-0.4, -0.2) is 54.0 Å². The summed E-state index contributed by atoms with van der Waals surface area (Å²) < 4.78 is 1.93. The van der Waals surface area contributed by atoms with Gasteiger partial charge in [0.25, 0.3) is 0 Å². The SMILES string of the molecule is C#CCN1CCN(c2ccc3cn(C4CCC(=O)NC4=O)cc3c2)CC1. The number of hydrogen-bond donors (Lipinski definition) is 1. The monoisotopic (exact) mass is 350 g/mol. The molecule has 2 aromatic rings. The number of nitrogens with zero attached hydrogens (tertiary/aromatic N) is 3. The summed E-state index contributed by atoms with van der Waals surface area (Å²) in [4.78, 5) is 28.1. The second-order valence-corrected chi connectivity index (χ2v) is 6.95. The van der Waals surface area contributed by atoms with Gasteiger partial charge < -0.3 is 9.47 Å². The van der Waals surface area contributed by atoms with Crippen molar-refractivity contribution in [3.63, 3.8) is 0 Å². The third-order valence-corrected chi connectivity index (χ3v) is 5.27. The first-order chi connectivity index (χ1) is 12.6. The molecule has 0 saturated carbocycles. The van der Waals surface area contributed by atoms with Crippen molar-refractivity contribution in [3.8, 4) is 12.3 Å². The van der Waals surface area contributed by atoms with Crippen LogP contribution in [0.2, 0.25) is 0 Å². The third-order valence-electron chi connectivity index (χ3n) is 5.27. The predicted molar refractivity (Wildman–Crippen MR) is 101 cm³/mol. The normalized spacial score (nSPS) is 21.7. The number of benzene rings is 1. The van der Waals surface area contributed by atoms with Crippen molar-refractivity contribution in [1.29, 1.82) is 0 Å². The maximum Gasteiger partial charge on any atom is 0.249 e. The molecule has 0 bridgehead atoms. The van der Waals surface area contributed by atoms with E-state index in [4.69, 9.17) is 6.42 Å². The smallest absolute Gasteiger partial charge is 0.249 e. The molecule has 0 spiro atoms. The number of imide groups is 1. The molecule has 1 aromatic carbocycles. The highest BCUT2D eigenvalue weighted by Gasteiger charge is 2.27. The number of anilines is 1. The highest BCUT2D eigenvalue weighted by Crippen LogP contribution is 2.27. The number of terminal acetylenes is 1. The fourth-order valence-electron chi connectivity index (χ4n) is 3.79. The van der Waals surface area contributed by atoms with Gasteiger partial charge in [0.2, 0.25) is 11.8 Å². The molecule has 1 atom stereocenters. The highest BCUT2D eigenvalue weighted by molar-refractivity contribution is 5.99. The minimum absolute atomic E-state index is 0.186. The summed E-state index contributed by atoms with van der Waals surface area (Å²) >= 11 is 0. The van der Waals surface area contributed by atoms with Crippen molar-refractivity contribution in [3.05, 3.63) is 30.6 Å². The lowest BCUT2D eigenvalue weighted by molar-refractivity contribution is -0.135. The van der Waals surface area contributed by atoms with Gasteiger partial charge in [0.1, 0.15) is 6.04 Å². The summed E-state index contributed by atoms with van der Waals surface area (Å²) in [5.41, 5.74) is 1.19. The number of amides is 2. The topological polar surface area (TPSA) is 57.6 Å². The molecule has 0 radical (unpaired) electrons. The Labute approximate surface area is 152 Å². The Morgan fingerprint density at radius 3 is 2.62 bits per heavy atom. The van der Waals surface area contributed by atoms with Crippen LogP contribution in [0, 0.1) is 12.3 Å². The number of carbonyl (C=O) groups is 2. The van der Waals surface area contributed by atoms with E-state index < -0.39 is 0 Å². The zero-order chi connectivity index (χ0) is 18.1. The van der Waals surface area contributed by atoms with Gasteiger partial charge in [-0.25, -0.2) is 0 Å². The maximum absolute atomic E-state index is 12.1. The summed E-state index contributed by atoms with van der Waals surface area (Å²) in [6.07, 6.45) is 10.3. The van der Waals surface area contributed by atoms with E-state index in [0.717, 1.165) is 37.0 Å². The van der Waals surface area contributed by atoms with Crippen LogP contribution in [0.15, 0.2) is 30.6 Å². The number of piperidine rings is 1. The minimum atomic E-state index is -0.309. The molecule has 2 aliphatic rings. The lowest BCUT2D eigenvalue weighted by atomic mass is 10.1. The third kappa shape index (κ3) is 3.18. The molecule has 0 aliphatic carbocycles. The van der Waals surface area contributed by atoms with Gasteiger partial charge in [-0.3, -0.25) is 19.8 Å². The van der Waals surface area contributed by atoms with Crippen molar-refractivity contribution >= 4 is 28.3 Å². The number of piperazine rings is 1. The van der Waals surface area contributed by atoms with Gasteiger partial charge in [-0.15, -0.1) is 6.42 Å². The van der Waals surface area contributed by atoms with E-state index in [2.05, 4.69) is 39.2 Å². The molecular weight excluding hydrogens is 328 g/mol. The average molecular weight is 350 g/mol. The van der Waals surface area contributed by atoms with E-state index in [9.17, 15) is 9.59 Å². The van der Waals surface area contributed by atoms with Crippen LogP contribution in [0.1, 0.15) is 18.9 Å². The van der Waals surface area contributed by atoms with Crippen LogP contribution in [0.25, 0.3) is 10.8 Å².